The van der Waals surface area contributed by atoms with E-state index in [0.29, 0.717) is 17.8 Å². The summed E-state index contributed by atoms with van der Waals surface area (Å²) in [6.07, 6.45) is 11.4. The Kier molecular flexibility index (Phi) is 8.37. The van der Waals surface area contributed by atoms with E-state index in [2.05, 4.69) is 16.9 Å². The summed E-state index contributed by atoms with van der Waals surface area (Å²) in [5.74, 6) is -0.880. The molecule has 0 fully saturated rings. The zero-order chi connectivity index (χ0) is 19.6. The number of aromatic nitrogens is 2. The molecule has 0 spiro atoms. The van der Waals surface area contributed by atoms with Crippen molar-refractivity contribution < 1.29 is 13.9 Å². The zero-order valence-corrected chi connectivity index (χ0v) is 16.5. The van der Waals surface area contributed by atoms with Crippen molar-refractivity contribution in [2.45, 2.75) is 65.7 Å². The van der Waals surface area contributed by atoms with Crippen molar-refractivity contribution in [1.82, 2.24) is 9.97 Å². The van der Waals surface area contributed by atoms with Crippen molar-refractivity contribution in [1.29, 1.82) is 0 Å². The average molecular weight is 372 g/mol. The van der Waals surface area contributed by atoms with Crippen LogP contribution in [0.25, 0.3) is 11.4 Å². The fourth-order valence-electron chi connectivity index (χ4n) is 2.66. The number of hydrogen-bond acceptors (Lipinski definition) is 4. The van der Waals surface area contributed by atoms with Crippen molar-refractivity contribution >= 4 is 5.97 Å². The van der Waals surface area contributed by atoms with E-state index < -0.39 is 11.8 Å². The molecule has 4 nitrogen and oxygen atoms in total. The van der Waals surface area contributed by atoms with Gasteiger partial charge in [-0.05, 0) is 43.0 Å². The van der Waals surface area contributed by atoms with E-state index in [1.54, 1.807) is 25.4 Å². The van der Waals surface area contributed by atoms with Crippen LogP contribution in [0.3, 0.4) is 0 Å². The molecule has 1 aromatic heterocycles. The minimum atomic E-state index is -0.590. The summed E-state index contributed by atoms with van der Waals surface area (Å²) < 4.78 is 19.4. The summed E-state index contributed by atoms with van der Waals surface area (Å²) in [5, 5.41) is 0. The van der Waals surface area contributed by atoms with Gasteiger partial charge in [0.05, 0.1) is 5.92 Å². The molecule has 1 unspecified atom stereocenters. The molecule has 146 valence electrons. The van der Waals surface area contributed by atoms with Crippen LogP contribution in [0.4, 0.5) is 4.39 Å². The number of benzene rings is 1. The molecule has 1 aromatic carbocycles. The summed E-state index contributed by atoms with van der Waals surface area (Å²) >= 11 is 0. The highest BCUT2D eigenvalue weighted by Gasteiger charge is 2.16. The second-order valence-corrected chi connectivity index (χ2v) is 6.95. The third-order valence-electron chi connectivity index (χ3n) is 4.69. The van der Waals surface area contributed by atoms with Crippen LogP contribution in [0, 0.1) is 11.7 Å². The molecule has 0 saturated carbocycles. The monoisotopic (exact) mass is 372 g/mol. The summed E-state index contributed by atoms with van der Waals surface area (Å²) in [5.41, 5.74) is 1.65. The first-order chi connectivity index (χ1) is 13.0. The first-order valence-corrected chi connectivity index (χ1v) is 9.87. The minimum Gasteiger partial charge on any atom is -0.423 e. The van der Waals surface area contributed by atoms with Crippen molar-refractivity contribution in [3.8, 4) is 17.1 Å². The molecule has 0 radical (unpaired) electrons. The molecule has 2 rings (SSSR count). The van der Waals surface area contributed by atoms with Gasteiger partial charge in [-0.15, -0.1) is 0 Å². The number of rotatable bonds is 10. The van der Waals surface area contributed by atoms with Crippen LogP contribution in [0.2, 0.25) is 0 Å². The van der Waals surface area contributed by atoms with E-state index in [9.17, 15) is 9.18 Å². The van der Waals surface area contributed by atoms with E-state index in [1.807, 2.05) is 6.92 Å². The number of carbonyl (C=O) groups is 1. The van der Waals surface area contributed by atoms with Crippen LogP contribution in [-0.4, -0.2) is 15.9 Å². The molecule has 5 heteroatoms. The molecule has 1 heterocycles. The van der Waals surface area contributed by atoms with Gasteiger partial charge in [-0.2, -0.15) is 0 Å². The van der Waals surface area contributed by atoms with Crippen molar-refractivity contribution in [2.24, 2.45) is 5.92 Å². The van der Waals surface area contributed by atoms with Gasteiger partial charge in [-0.25, -0.2) is 14.4 Å². The van der Waals surface area contributed by atoms with Crippen LogP contribution in [0.15, 0.2) is 30.6 Å². The number of unbranched alkanes of at least 4 members (excludes halogenated alkanes) is 4. The largest absolute Gasteiger partial charge is 0.423 e. The molecular weight excluding hydrogens is 343 g/mol. The molecule has 1 atom stereocenters. The number of esters is 1. The van der Waals surface area contributed by atoms with Gasteiger partial charge in [0.15, 0.2) is 17.4 Å². The molecular formula is C22H29FN2O2. The number of nitrogens with zero attached hydrogens (tertiary/aromatic N) is 2. The highest BCUT2D eigenvalue weighted by Crippen LogP contribution is 2.24. The molecule has 0 amide bonds. The summed E-state index contributed by atoms with van der Waals surface area (Å²) in [7, 11) is 0. The Morgan fingerprint density at radius 1 is 1.11 bits per heavy atom. The fourth-order valence-corrected chi connectivity index (χ4v) is 2.66. The molecule has 0 aliphatic carbocycles. The molecule has 27 heavy (non-hydrogen) atoms. The van der Waals surface area contributed by atoms with Crippen molar-refractivity contribution in [3.05, 3.63) is 42.0 Å². The lowest BCUT2D eigenvalue weighted by atomic mass is 10.1. The maximum absolute atomic E-state index is 14.3. The predicted molar refractivity (Wildman–Crippen MR) is 105 cm³/mol. The van der Waals surface area contributed by atoms with Gasteiger partial charge in [0, 0.05) is 18.0 Å². The van der Waals surface area contributed by atoms with Crippen molar-refractivity contribution in [2.75, 3.05) is 0 Å². The number of carbonyl (C=O) groups excluding carboxylic acids is 1. The third kappa shape index (κ3) is 6.42. The maximum atomic E-state index is 14.3. The minimum absolute atomic E-state index is 0.0623. The summed E-state index contributed by atoms with van der Waals surface area (Å²) in [4.78, 5) is 20.5. The second kappa shape index (κ2) is 10.8. The van der Waals surface area contributed by atoms with E-state index in [0.717, 1.165) is 18.4 Å². The van der Waals surface area contributed by atoms with Gasteiger partial charge < -0.3 is 4.74 Å². The average Bonchev–Trinajstić information content (AvgIpc) is 2.69. The topological polar surface area (TPSA) is 52.1 Å². The van der Waals surface area contributed by atoms with Crippen LogP contribution >= 0.6 is 0 Å². The lowest BCUT2D eigenvalue weighted by Gasteiger charge is -2.10. The SMILES string of the molecule is CCCCCCCc1cnc(-c2ccc(OC(=O)C(C)CC)c(F)c2)nc1. The van der Waals surface area contributed by atoms with Crippen molar-refractivity contribution in [3.63, 3.8) is 0 Å². The van der Waals surface area contributed by atoms with Gasteiger partial charge >= 0.3 is 5.97 Å². The van der Waals surface area contributed by atoms with Gasteiger partial charge in [0.25, 0.3) is 0 Å². The lowest BCUT2D eigenvalue weighted by molar-refractivity contribution is -0.138. The van der Waals surface area contributed by atoms with Gasteiger partial charge in [-0.3, -0.25) is 4.79 Å². The Morgan fingerprint density at radius 3 is 2.44 bits per heavy atom. The number of halogens is 1. The summed E-state index contributed by atoms with van der Waals surface area (Å²) in [6.45, 7) is 5.85. The lowest BCUT2D eigenvalue weighted by Crippen LogP contribution is -2.17. The first-order valence-electron chi connectivity index (χ1n) is 9.87. The molecule has 0 N–H and O–H groups in total. The molecule has 0 saturated heterocycles. The van der Waals surface area contributed by atoms with E-state index in [1.165, 1.54) is 37.8 Å². The smallest absolute Gasteiger partial charge is 0.314 e. The summed E-state index contributed by atoms with van der Waals surface area (Å²) in [6, 6.07) is 4.43. The highest BCUT2D eigenvalue weighted by molar-refractivity contribution is 5.75. The Hall–Kier alpha value is -2.30. The van der Waals surface area contributed by atoms with Crippen LogP contribution in [-0.2, 0) is 11.2 Å². The van der Waals surface area contributed by atoms with Crippen LogP contribution in [0.1, 0.15) is 64.9 Å². The number of hydrogen-bond donors (Lipinski definition) is 0. The normalized spacial score (nSPS) is 12.0. The molecule has 0 aliphatic rings. The van der Waals surface area contributed by atoms with Crippen LogP contribution in [0.5, 0.6) is 5.75 Å². The Bertz CT molecular complexity index is 732. The molecule has 2 aromatic rings. The van der Waals surface area contributed by atoms with Gasteiger partial charge in [0.1, 0.15) is 0 Å². The first kappa shape index (κ1) is 21.0. The highest BCUT2D eigenvalue weighted by atomic mass is 19.1. The molecule has 0 bridgehead atoms. The zero-order valence-electron chi connectivity index (χ0n) is 16.5. The Morgan fingerprint density at radius 2 is 1.81 bits per heavy atom. The van der Waals surface area contributed by atoms with Gasteiger partial charge in [0.2, 0.25) is 0 Å². The standard InChI is InChI=1S/C22H29FN2O2/c1-4-6-7-8-9-10-17-14-24-21(25-15-17)18-11-12-20(19(23)13-18)27-22(26)16(3)5-2/h11-16H,4-10H2,1-3H3. The second-order valence-electron chi connectivity index (χ2n) is 6.95. The van der Waals surface area contributed by atoms with E-state index in [4.69, 9.17) is 4.74 Å². The number of ether oxygens (including phenoxy) is 1. The molecule has 0 aliphatic heterocycles. The number of aryl methyl sites for hydroxylation is 1. The predicted octanol–water partition coefficient (Wildman–Crippen LogP) is 5.75. The van der Waals surface area contributed by atoms with E-state index >= 15 is 0 Å². The Labute approximate surface area is 161 Å². The van der Waals surface area contributed by atoms with Crippen LogP contribution < -0.4 is 4.74 Å². The fraction of sp³-hybridized carbons (Fsp3) is 0.500. The third-order valence-corrected chi connectivity index (χ3v) is 4.69. The van der Waals surface area contributed by atoms with Gasteiger partial charge in [-0.1, -0.05) is 46.5 Å². The quantitative estimate of drug-likeness (QED) is 0.303. The maximum Gasteiger partial charge on any atom is 0.314 e. The van der Waals surface area contributed by atoms with E-state index in [-0.39, 0.29) is 11.7 Å². The Balaban J connectivity index is 1.97.